The van der Waals surface area contributed by atoms with Crippen molar-refractivity contribution in [1.82, 2.24) is 19.7 Å². The zero-order valence-electron chi connectivity index (χ0n) is 20.3. The summed E-state index contributed by atoms with van der Waals surface area (Å²) in [6, 6.07) is 27.2. The van der Waals surface area contributed by atoms with Crippen LogP contribution in [0.4, 0.5) is 5.69 Å². The van der Waals surface area contributed by atoms with Gasteiger partial charge in [0.15, 0.2) is 5.69 Å². The second-order valence-electron chi connectivity index (χ2n) is 8.97. The minimum atomic E-state index is -0.0823. The fraction of sp³-hybridized carbons (Fsp3) is 0.138. The van der Waals surface area contributed by atoms with E-state index >= 15 is 0 Å². The number of aromatic nitrogens is 3. The van der Waals surface area contributed by atoms with Crippen molar-refractivity contribution < 1.29 is 4.79 Å². The predicted molar refractivity (Wildman–Crippen MR) is 155 cm³/mol. The lowest BCUT2D eigenvalue weighted by molar-refractivity contribution is 0.0740. The molecule has 3 aromatic carbocycles. The number of thiazole rings is 1. The Bertz CT molecular complexity index is 1570. The topological polar surface area (TPSA) is 54.3 Å². The molecule has 1 amide bonds. The van der Waals surface area contributed by atoms with E-state index in [1.54, 1.807) is 4.68 Å². The minimum absolute atomic E-state index is 0.0823. The van der Waals surface area contributed by atoms with Crippen molar-refractivity contribution in [2.45, 2.75) is 0 Å². The van der Waals surface area contributed by atoms with Gasteiger partial charge < -0.3 is 9.80 Å². The molecule has 0 atom stereocenters. The van der Waals surface area contributed by atoms with E-state index in [1.807, 2.05) is 95.2 Å². The Morgan fingerprint density at radius 1 is 0.789 bits per heavy atom. The van der Waals surface area contributed by atoms with E-state index in [0.717, 1.165) is 41.3 Å². The lowest BCUT2D eigenvalue weighted by atomic mass is 10.1. The molecule has 9 heteroatoms. The highest BCUT2D eigenvalue weighted by molar-refractivity contribution is 7.12. The summed E-state index contributed by atoms with van der Waals surface area (Å²) in [7, 11) is 0. The Labute approximate surface area is 234 Å². The number of nitrogens with zero attached hydrogens (tertiary/aromatic N) is 5. The number of carbonyl (C=O) groups excluding carboxylic acids is 1. The van der Waals surface area contributed by atoms with Gasteiger partial charge in [-0.25, -0.2) is 9.67 Å². The zero-order valence-corrected chi connectivity index (χ0v) is 22.6. The van der Waals surface area contributed by atoms with Gasteiger partial charge in [0.2, 0.25) is 5.13 Å². The molecule has 3 heterocycles. The average Bonchev–Trinajstić information content (AvgIpc) is 3.62. The molecule has 1 aliphatic rings. The van der Waals surface area contributed by atoms with E-state index in [4.69, 9.17) is 33.3 Å². The highest BCUT2D eigenvalue weighted by atomic mass is 35.5. The van der Waals surface area contributed by atoms with Crippen molar-refractivity contribution in [3.63, 3.8) is 0 Å². The standard InChI is InChI=1S/C29H23Cl2N5OS/c30-22-11-9-20(10-12-22)26-19-38-29(32-26)36-27(21-5-2-1-3-6-21)18-25(33-36)28(37)35-15-13-34(14-16-35)24-8-4-7-23(31)17-24/h1-12,17-19H,13-16H2. The van der Waals surface area contributed by atoms with Crippen molar-refractivity contribution in [3.8, 4) is 27.6 Å². The van der Waals surface area contributed by atoms with Crippen molar-refractivity contribution in [3.05, 3.63) is 106 Å². The molecule has 1 saturated heterocycles. The van der Waals surface area contributed by atoms with Crippen LogP contribution in [0.5, 0.6) is 0 Å². The molecular weight excluding hydrogens is 537 g/mol. The van der Waals surface area contributed by atoms with Gasteiger partial charge >= 0.3 is 0 Å². The molecule has 6 nitrogen and oxygen atoms in total. The van der Waals surface area contributed by atoms with Crippen LogP contribution < -0.4 is 4.90 Å². The van der Waals surface area contributed by atoms with Crippen LogP contribution in [0, 0.1) is 0 Å². The number of rotatable bonds is 5. The molecule has 5 aromatic rings. The molecule has 190 valence electrons. The molecule has 0 bridgehead atoms. The Morgan fingerprint density at radius 2 is 1.55 bits per heavy atom. The Morgan fingerprint density at radius 3 is 2.29 bits per heavy atom. The van der Waals surface area contributed by atoms with Crippen LogP contribution >= 0.6 is 34.5 Å². The molecular formula is C29H23Cl2N5OS. The van der Waals surface area contributed by atoms with Crippen LogP contribution in [0.3, 0.4) is 0 Å². The summed E-state index contributed by atoms with van der Waals surface area (Å²) < 4.78 is 1.77. The van der Waals surface area contributed by atoms with Crippen LogP contribution in [0.15, 0.2) is 90.3 Å². The first-order chi connectivity index (χ1) is 18.5. The van der Waals surface area contributed by atoms with E-state index in [0.29, 0.717) is 34.0 Å². The molecule has 6 rings (SSSR count). The van der Waals surface area contributed by atoms with Crippen LogP contribution in [-0.4, -0.2) is 51.8 Å². The van der Waals surface area contributed by atoms with Gasteiger partial charge in [0.25, 0.3) is 5.91 Å². The van der Waals surface area contributed by atoms with Crippen molar-refractivity contribution in [2.75, 3.05) is 31.1 Å². The van der Waals surface area contributed by atoms with Gasteiger partial charge in [0, 0.05) is 58.4 Å². The van der Waals surface area contributed by atoms with Gasteiger partial charge in [-0.1, -0.05) is 71.7 Å². The summed E-state index contributed by atoms with van der Waals surface area (Å²) in [6.07, 6.45) is 0. The van der Waals surface area contributed by atoms with Crippen LogP contribution in [0.1, 0.15) is 10.5 Å². The summed E-state index contributed by atoms with van der Waals surface area (Å²) in [6.45, 7) is 2.68. The van der Waals surface area contributed by atoms with Crippen LogP contribution in [-0.2, 0) is 0 Å². The molecule has 0 unspecified atom stereocenters. The second kappa shape index (κ2) is 10.6. The van der Waals surface area contributed by atoms with Crippen LogP contribution in [0.2, 0.25) is 10.0 Å². The zero-order chi connectivity index (χ0) is 26.1. The quantitative estimate of drug-likeness (QED) is 0.234. The molecule has 0 N–H and O–H groups in total. The third-order valence-corrected chi connectivity index (χ3v) is 7.85. The average molecular weight is 561 g/mol. The molecule has 0 saturated carbocycles. The van der Waals surface area contributed by atoms with Crippen molar-refractivity contribution in [2.24, 2.45) is 0 Å². The number of hydrogen-bond acceptors (Lipinski definition) is 5. The first kappa shape index (κ1) is 24.7. The molecule has 0 aliphatic carbocycles. The lowest BCUT2D eigenvalue weighted by Gasteiger charge is -2.35. The lowest BCUT2D eigenvalue weighted by Crippen LogP contribution is -2.48. The molecule has 2 aromatic heterocycles. The Hall–Kier alpha value is -3.65. The highest BCUT2D eigenvalue weighted by Gasteiger charge is 2.26. The van der Waals surface area contributed by atoms with Gasteiger partial charge in [0.1, 0.15) is 0 Å². The smallest absolute Gasteiger partial charge is 0.274 e. The monoisotopic (exact) mass is 559 g/mol. The largest absolute Gasteiger partial charge is 0.368 e. The maximum atomic E-state index is 13.6. The predicted octanol–water partition coefficient (Wildman–Crippen LogP) is 6.93. The van der Waals surface area contributed by atoms with E-state index in [1.165, 1.54) is 11.3 Å². The number of hydrogen-bond donors (Lipinski definition) is 0. The third-order valence-electron chi connectivity index (χ3n) is 6.55. The van der Waals surface area contributed by atoms with E-state index in [9.17, 15) is 4.79 Å². The van der Waals surface area contributed by atoms with E-state index < -0.39 is 0 Å². The maximum Gasteiger partial charge on any atom is 0.274 e. The number of benzene rings is 3. The molecule has 38 heavy (non-hydrogen) atoms. The summed E-state index contributed by atoms with van der Waals surface area (Å²) in [5.74, 6) is -0.0823. The van der Waals surface area contributed by atoms with Gasteiger partial charge in [0.05, 0.1) is 11.4 Å². The van der Waals surface area contributed by atoms with Gasteiger partial charge in [-0.05, 0) is 36.4 Å². The summed E-state index contributed by atoms with van der Waals surface area (Å²) in [5.41, 5.74) is 5.07. The summed E-state index contributed by atoms with van der Waals surface area (Å²) in [4.78, 5) is 22.5. The molecule has 1 fully saturated rings. The van der Waals surface area contributed by atoms with Crippen molar-refractivity contribution >= 4 is 46.1 Å². The van der Waals surface area contributed by atoms with Gasteiger partial charge in [-0.3, -0.25) is 4.79 Å². The molecule has 0 radical (unpaired) electrons. The molecule has 0 spiro atoms. The summed E-state index contributed by atoms with van der Waals surface area (Å²) >= 11 is 13.7. The van der Waals surface area contributed by atoms with Gasteiger partial charge in [-0.15, -0.1) is 11.3 Å². The highest BCUT2D eigenvalue weighted by Crippen LogP contribution is 2.30. The van der Waals surface area contributed by atoms with Crippen LogP contribution in [0.25, 0.3) is 27.6 Å². The second-order valence-corrected chi connectivity index (χ2v) is 10.7. The number of piperazine rings is 1. The maximum absolute atomic E-state index is 13.6. The minimum Gasteiger partial charge on any atom is -0.368 e. The molecule has 1 aliphatic heterocycles. The number of amides is 1. The Balaban J connectivity index is 1.27. The number of halogens is 2. The first-order valence-corrected chi connectivity index (χ1v) is 13.9. The fourth-order valence-corrected chi connectivity index (χ4v) is 5.67. The van der Waals surface area contributed by atoms with Crippen molar-refractivity contribution in [1.29, 1.82) is 0 Å². The van der Waals surface area contributed by atoms with E-state index in [-0.39, 0.29) is 5.91 Å². The third kappa shape index (κ3) is 5.05. The first-order valence-electron chi connectivity index (χ1n) is 12.2. The number of anilines is 1. The fourth-order valence-electron chi connectivity index (χ4n) is 4.56. The van der Waals surface area contributed by atoms with Gasteiger partial charge in [-0.2, -0.15) is 5.10 Å². The Kier molecular flexibility index (Phi) is 6.89. The normalized spacial score (nSPS) is 13.6. The summed E-state index contributed by atoms with van der Waals surface area (Å²) in [5, 5.41) is 8.84. The number of carbonyl (C=O) groups is 1. The van der Waals surface area contributed by atoms with E-state index in [2.05, 4.69) is 4.90 Å². The SMILES string of the molecule is O=C(c1cc(-c2ccccc2)n(-c2nc(-c3ccc(Cl)cc3)cs2)n1)N1CCN(c2cccc(Cl)c2)CC1.